The molecule has 2 aromatic rings. The molecule has 0 saturated heterocycles. The maximum atomic E-state index is 5.51. The summed E-state index contributed by atoms with van der Waals surface area (Å²) in [6.45, 7) is 3.42. The van der Waals surface area contributed by atoms with Gasteiger partial charge in [0, 0.05) is 6.54 Å². The first kappa shape index (κ1) is 12.0. The molecular formula is C12H16N4S. The second kappa shape index (κ2) is 5.75. The molecule has 0 spiro atoms. The average Bonchev–Trinajstić information content (AvgIpc) is 2.75. The maximum Gasteiger partial charge on any atom is 0.205 e. The number of rotatable bonds is 5. The normalized spacial score (nSPS) is 10.5. The summed E-state index contributed by atoms with van der Waals surface area (Å²) in [6.07, 6.45) is 0.934. The highest BCUT2D eigenvalue weighted by atomic mass is 32.1. The Balaban J connectivity index is 1.90. The minimum atomic E-state index is 0.696. The number of hydrogen-bond donors (Lipinski definition) is 2. The van der Waals surface area contributed by atoms with E-state index >= 15 is 0 Å². The standard InChI is InChI=1S/C12H16N4S/c1-9-15-16-12(17-9)14-8-11-4-2-10(3-5-11)6-7-13/h2-5H,6-8,13H2,1H3,(H,14,16). The topological polar surface area (TPSA) is 63.8 Å². The second-order valence-corrected chi connectivity index (χ2v) is 5.02. The molecule has 0 aliphatic carbocycles. The third-order valence-corrected chi connectivity index (χ3v) is 3.22. The highest BCUT2D eigenvalue weighted by molar-refractivity contribution is 7.15. The predicted octanol–water partition coefficient (Wildman–Crippen LogP) is 1.96. The van der Waals surface area contributed by atoms with Crippen LogP contribution in [0.15, 0.2) is 24.3 Å². The minimum Gasteiger partial charge on any atom is -0.356 e. The number of anilines is 1. The number of nitrogens with zero attached hydrogens (tertiary/aromatic N) is 2. The molecule has 3 N–H and O–H groups in total. The summed E-state index contributed by atoms with van der Waals surface area (Å²) in [6, 6.07) is 8.47. The Morgan fingerprint density at radius 2 is 1.88 bits per heavy atom. The quantitative estimate of drug-likeness (QED) is 0.849. The lowest BCUT2D eigenvalue weighted by molar-refractivity contribution is 0.965. The van der Waals surface area contributed by atoms with Crippen LogP contribution in [0.25, 0.3) is 0 Å². The van der Waals surface area contributed by atoms with E-state index in [1.165, 1.54) is 11.1 Å². The number of nitrogens with two attached hydrogens (primary N) is 1. The molecule has 1 aromatic carbocycles. The summed E-state index contributed by atoms with van der Waals surface area (Å²) in [4.78, 5) is 0. The number of aryl methyl sites for hydroxylation is 1. The lowest BCUT2D eigenvalue weighted by Gasteiger charge is -2.04. The van der Waals surface area contributed by atoms with Crippen molar-refractivity contribution in [3.63, 3.8) is 0 Å². The van der Waals surface area contributed by atoms with Crippen molar-refractivity contribution in [1.82, 2.24) is 10.2 Å². The van der Waals surface area contributed by atoms with Gasteiger partial charge >= 0.3 is 0 Å². The van der Waals surface area contributed by atoms with E-state index in [-0.39, 0.29) is 0 Å². The van der Waals surface area contributed by atoms with E-state index in [0.29, 0.717) is 6.54 Å². The van der Waals surface area contributed by atoms with Crippen LogP contribution in [-0.2, 0) is 13.0 Å². The Labute approximate surface area is 105 Å². The highest BCUT2D eigenvalue weighted by Gasteiger charge is 1.99. The van der Waals surface area contributed by atoms with Crippen molar-refractivity contribution in [1.29, 1.82) is 0 Å². The first-order valence-corrected chi connectivity index (χ1v) is 6.41. The zero-order chi connectivity index (χ0) is 12.1. The first-order valence-electron chi connectivity index (χ1n) is 5.60. The molecule has 0 bridgehead atoms. The Bertz CT molecular complexity index is 464. The largest absolute Gasteiger partial charge is 0.356 e. The van der Waals surface area contributed by atoms with Gasteiger partial charge in [-0.3, -0.25) is 0 Å². The van der Waals surface area contributed by atoms with Crippen molar-refractivity contribution in [3.8, 4) is 0 Å². The van der Waals surface area contributed by atoms with Gasteiger partial charge in [0.25, 0.3) is 0 Å². The smallest absolute Gasteiger partial charge is 0.205 e. The molecule has 5 heteroatoms. The molecule has 0 amide bonds. The summed E-state index contributed by atoms with van der Waals surface area (Å²) in [5.41, 5.74) is 8.02. The SMILES string of the molecule is Cc1nnc(NCc2ccc(CCN)cc2)s1. The molecule has 1 heterocycles. The highest BCUT2D eigenvalue weighted by Crippen LogP contribution is 2.15. The van der Waals surface area contributed by atoms with Crippen LogP contribution in [0.1, 0.15) is 16.1 Å². The molecule has 0 fully saturated rings. The third kappa shape index (κ3) is 3.51. The molecule has 0 saturated carbocycles. The molecule has 0 radical (unpaired) electrons. The van der Waals surface area contributed by atoms with Crippen LogP contribution in [-0.4, -0.2) is 16.7 Å². The molecule has 4 nitrogen and oxygen atoms in total. The van der Waals surface area contributed by atoms with Crippen molar-refractivity contribution >= 4 is 16.5 Å². The Morgan fingerprint density at radius 1 is 1.18 bits per heavy atom. The van der Waals surface area contributed by atoms with Gasteiger partial charge in [-0.1, -0.05) is 35.6 Å². The molecule has 1 aromatic heterocycles. The van der Waals surface area contributed by atoms with E-state index < -0.39 is 0 Å². The molecule has 0 aliphatic rings. The van der Waals surface area contributed by atoms with Gasteiger partial charge in [-0.05, 0) is 31.0 Å². The Kier molecular flexibility index (Phi) is 4.06. The van der Waals surface area contributed by atoms with Crippen molar-refractivity contribution in [2.45, 2.75) is 19.9 Å². The first-order chi connectivity index (χ1) is 8.28. The fourth-order valence-corrected chi connectivity index (χ4v) is 2.12. The predicted molar refractivity (Wildman–Crippen MR) is 71.2 cm³/mol. The van der Waals surface area contributed by atoms with Gasteiger partial charge in [0.15, 0.2) is 0 Å². The fraction of sp³-hybridized carbons (Fsp3) is 0.333. The van der Waals surface area contributed by atoms with E-state index in [9.17, 15) is 0 Å². The van der Waals surface area contributed by atoms with Gasteiger partial charge in [-0.15, -0.1) is 10.2 Å². The van der Waals surface area contributed by atoms with Crippen LogP contribution in [0.4, 0.5) is 5.13 Å². The van der Waals surface area contributed by atoms with Crippen molar-refractivity contribution in [2.75, 3.05) is 11.9 Å². The molecule has 0 unspecified atom stereocenters. The third-order valence-electron chi connectivity index (χ3n) is 2.43. The van der Waals surface area contributed by atoms with Gasteiger partial charge in [-0.2, -0.15) is 0 Å². The van der Waals surface area contributed by atoms with Crippen molar-refractivity contribution < 1.29 is 0 Å². The number of aromatic nitrogens is 2. The lowest BCUT2D eigenvalue weighted by Crippen LogP contribution is -2.03. The van der Waals surface area contributed by atoms with Crippen LogP contribution in [0.5, 0.6) is 0 Å². The summed E-state index contributed by atoms with van der Waals surface area (Å²) in [5.74, 6) is 0. The summed E-state index contributed by atoms with van der Waals surface area (Å²) in [7, 11) is 0. The molecule has 17 heavy (non-hydrogen) atoms. The molecule has 0 atom stereocenters. The van der Waals surface area contributed by atoms with E-state index in [1.807, 2.05) is 6.92 Å². The molecule has 0 aliphatic heterocycles. The molecule has 90 valence electrons. The van der Waals surface area contributed by atoms with Gasteiger partial charge in [0.05, 0.1) is 0 Å². The van der Waals surface area contributed by atoms with Crippen LogP contribution in [0.3, 0.4) is 0 Å². The number of nitrogens with one attached hydrogen (secondary N) is 1. The zero-order valence-corrected chi connectivity index (χ0v) is 10.6. The Hall–Kier alpha value is -1.46. The van der Waals surface area contributed by atoms with Crippen LogP contribution < -0.4 is 11.1 Å². The van der Waals surface area contributed by atoms with Crippen molar-refractivity contribution in [2.24, 2.45) is 5.73 Å². The van der Waals surface area contributed by atoms with E-state index in [1.54, 1.807) is 11.3 Å². The zero-order valence-electron chi connectivity index (χ0n) is 9.81. The second-order valence-electron chi connectivity index (χ2n) is 3.83. The summed E-state index contributed by atoms with van der Waals surface area (Å²) >= 11 is 1.57. The van der Waals surface area contributed by atoms with E-state index in [2.05, 4.69) is 39.8 Å². The molecule has 2 rings (SSSR count). The minimum absolute atomic E-state index is 0.696. The van der Waals surface area contributed by atoms with Crippen LogP contribution >= 0.6 is 11.3 Å². The van der Waals surface area contributed by atoms with Crippen molar-refractivity contribution in [3.05, 3.63) is 40.4 Å². The van der Waals surface area contributed by atoms with Gasteiger partial charge in [-0.25, -0.2) is 0 Å². The number of benzene rings is 1. The van der Waals surface area contributed by atoms with Gasteiger partial charge in [0.2, 0.25) is 5.13 Å². The number of hydrogen-bond acceptors (Lipinski definition) is 5. The van der Waals surface area contributed by atoms with Gasteiger partial charge in [0.1, 0.15) is 5.01 Å². The van der Waals surface area contributed by atoms with E-state index in [4.69, 9.17) is 5.73 Å². The monoisotopic (exact) mass is 248 g/mol. The Morgan fingerprint density at radius 3 is 2.47 bits per heavy atom. The van der Waals surface area contributed by atoms with Gasteiger partial charge < -0.3 is 11.1 Å². The van der Waals surface area contributed by atoms with E-state index in [0.717, 1.165) is 23.1 Å². The summed E-state index contributed by atoms with van der Waals surface area (Å²) < 4.78 is 0. The average molecular weight is 248 g/mol. The molecular weight excluding hydrogens is 232 g/mol. The maximum absolute atomic E-state index is 5.51. The summed E-state index contributed by atoms with van der Waals surface area (Å²) in [5, 5.41) is 13.1. The van der Waals surface area contributed by atoms with Crippen LogP contribution in [0, 0.1) is 6.92 Å². The van der Waals surface area contributed by atoms with Crippen LogP contribution in [0.2, 0.25) is 0 Å². The fourth-order valence-electron chi connectivity index (χ4n) is 1.54. The lowest BCUT2D eigenvalue weighted by atomic mass is 10.1.